The normalized spacial score (nSPS) is 16.8. The number of methoxy groups -OCH3 is 1. The van der Waals surface area contributed by atoms with Gasteiger partial charge in [0.2, 0.25) is 15.9 Å². The van der Waals surface area contributed by atoms with Crippen LogP contribution in [0.1, 0.15) is 18.1 Å². The number of nitrogens with zero attached hydrogens (tertiary/aromatic N) is 1. The fraction of sp³-hybridized carbons (Fsp3) is 0.562. The third-order valence-corrected chi connectivity index (χ3v) is 5.66. The Hall–Kier alpha value is -1.64. The summed E-state index contributed by atoms with van der Waals surface area (Å²) in [6, 6.07) is 2.38. The fourth-order valence-electron chi connectivity index (χ4n) is 2.54. The summed E-state index contributed by atoms with van der Waals surface area (Å²) >= 11 is 0. The van der Waals surface area contributed by atoms with E-state index in [2.05, 4.69) is 4.72 Å². The van der Waals surface area contributed by atoms with Gasteiger partial charge in [-0.25, -0.2) is 8.42 Å². The highest BCUT2D eigenvalue weighted by Gasteiger charge is 2.28. The van der Waals surface area contributed by atoms with Crippen molar-refractivity contribution in [1.29, 1.82) is 0 Å². The Bertz CT molecular complexity index is 711. The first kappa shape index (κ1) is 18.7. The van der Waals surface area contributed by atoms with Gasteiger partial charge in [0.05, 0.1) is 26.4 Å². The van der Waals surface area contributed by atoms with Crippen LogP contribution < -0.4 is 9.46 Å². The van der Waals surface area contributed by atoms with Crippen molar-refractivity contribution in [2.75, 3.05) is 33.4 Å². The van der Waals surface area contributed by atoms with Crippen molar-refractivity contribution < 1.29 is 22.7 Å². The van der Waals surface area contributed by atoms with Gasteiger partial charge in [0.15, 0.2) is 0 Å². The molecule has 0 aromatic heterocycles. The lowest BCUT2D eigenvalue weighted by Crippen LogP contribution is -2.50. The molecule has 1 aliphatic heterocycles. The number of benzene rings is 1. The van der Waals surface area contributed by atoms with Crippen molar-refractivity contribution in [2.24, 2.45) is 0 Å². The van der Waals surface area contributed by atoms with Crippen molar-refractivity contribution >= 4 is 15.9 Å². The molecule has 0 unspecified atom stereocenters. The van der Waals surface area contributed by atoms with E-state index in [-0.39, 0.29) is 16.6 Å². The fourth-order valence-corrected chi connectivity index (χ4v) is 3.97. The molecule has 0 aliphatic carbocycles. The van der Waals surface area contributed by atoms with Crippen LogP contribution in [0.4, 0.5) is 0 Å². The monoisotopic (exact) mass is 356 g/mol. The Morgan fingerprint density at radius 2 is 1.83 bits per heavy atom. The van der Waals surface area contributed by atoms with Crippen LogP contribution in [-0.2, 0) is 19.6 Å². The minimum atomic E-state index is -3.88. The summed E-state index contributed by atoms with van der Waals surface area (Å²) in [5.41, 5.74) is 1.77. The highest BCUT2D eigenvalue weighted by molar-refractivity contribution is 7.89. The Morgan fingerprint density at radius 1 is 1.25 bits per heavy atom. The third kappa shape index (κ3) is 4.06. The predicted molar refractivity (Wildman–Crippen MR) is 89.7 cm³/mol. The molecule has 134 valence electrons. The zero-order valence-corrected chi connectivity index (χ0v) is 15.3. The van der Waals surface area contributed by atoms with Crippen LogP contribution in [0, 0.1) is 13.8 Å². The molecule has 8 heteroatoms. The summed E-state index contributed by atoms with van der Waals surface area (Å²) in [4.78, 5) is 14.0. The van der Waals surface area contributed by atoms with Gasteiger partial charge in [-0.05, 0) is 44.0 Å². The second kappa shape index (κ2) is 7.50. The molecule has 1 aliphatic rings. The van der Waals surface area contributed by atoms with Crippen LogP contribution in [0.15, 0.2) is 17.0 Å². The minimum absolute atomic E-state index is 0.0368. The second-order valence-electron chi connectivity index (χ2n) is 5.87. The van der Waals surface area contributed by atoms with Crippen molar-refractivity contribution in [3.05, 3.63) is 23.3 Å². The summed E-state index contributed by atoms with van der Waals surface area (Å²) in [7, 11) is -2.46. The summed E-state index contributed by atoms with van der Waals surface area (Å²) in [5.74, 6) is 0.00120. The van der Waals surface area contributed by atoms with E-state index in [0.717, 1.165) is 11.1 Å². The number of morpholine rings is 1. The maximum atomic E-state index is 12.7. The first-order valence-electron chi connectivity index (χ1n) is 7.80. The maximum Gasteiger partial charge on any atom is 0.244 e. The van der Waals surface area contributed by atoms with Crippen molar-refractivity contribution in [3.63, 3.8) is 0 Å². The Labute approximate surface area is 143 Å². The molecule has 0 bridgehead atoms. The molecule has 1 aromatic carbocycles. The van der Waals surface area contributed by atoms with Gasteiger partial charge in [0.1, 0.15) is 10.6 Å². The number of carbonyl (C=O) groups is 1. The number of sulfonamides is 1. The lowest BCUT2D eigenvalue weighted by molar-refractivity contribution is -0.136. The number of ether oxygens (including phenoxy) is 2. The predicted octanol–water partition coefficient (Wildman–Crippen LogP) is 0.838. The number of amides is 1. The highest BCUT2D eigenvalue weighted by Crippen LogP contribution is 2.27. The maximum absolute atomic E-state index is 12.7. The van der Waals surface area contributed by atoms with E-state index in [1.54, 1.807) is 24.0 Å². The molecule has 2 rings (SSSR count). The van der Waals surface area contributed by atoms with E-state index >= 15 is 0 Å². The lowest BCUT2D eigenvalue weighted by atomic mass is 10.1. The van der Waals surface area contributed by atoms with E-state index in [1.807, 2.05) is 13.8 Å². The Kier molecular flexibility index (Phi) is 5.84. The van der Waals surface area contributed by atoms with Gasteiger partial charge < -0.3 is 14.4 Å². The van der Waals surface area contributed by atoms with E-state index in [1.165, 1.54) is 7.11 Å². The molecule has 24 heavy (non-hydrogen) atoms. The molecular formula is C16H24N2O5S. The zero-order chi connectivity index (χ0) is 17.9. The molecule has 0 radical (unpaired) electrons. The quantitative estimate of drug-likeness (QED) is 0.845. The minimum Gasteiger partial charge on any atom is -0.495 e. The molecule has 7 nitrogen and oxygen atoms in total. The molecule has 0 spiro atoms. The van der Waals surface area contributed by atoms with Gasteiger partial charge in [-0.1, -0.05) is 0 Å². The van der Waals surface area contributed by atoms with E-state index in [9.17, 15) is 13.2 Å². The van der Waals surface area contributed by atoms with E-state index < -0.39 is 16.1 Å². The number of hydrogen-bond donors (Lipinski definition) is 1. The number of hydrogen-bond acceptors (Lipinski definition) is 5. The standard InChI is InChI=1S/C16H24N2O5S/c1-11-9-14(22-4)15(10-12(11)2)24(20,21)17-13(3)16(19)18-5-7-23-8-6-18/h9-10,13,17H,5-8H2,1-4H3/t13-/m0/s1. The molecule has 1 atom stereocenters. The SMILES string of the molecule is COc1cc(C)c(C)cc1S(=O)(=O)N[C@@H](C)C(=O)N1CCOCC1. The lowest BCUT2D eigenvalue weighted by Gasteiger charge is -2.29. The first-order valence-corrected chi connectivity index (χ1v) is 9.28. The number of aryl methyl sites for hydroxylation is 2. The number of carbonyl (C=O) groups excluding carboxylic acids is 1. The van der Waals surface area contributed by atoms with Crippen LogP contribution in [0.5, 0.6) is 5.75 Å². The van der Waals surface area contributed by atoms with E-state index in [0.29, 0.717) is 26.3 Å². The average molecular weight is 356 g/mol. The molecule has 1 saturated heterocycles. The summed E-state index contributed by atoms with van der Waals surface area (Å²) in [5, 5.41) is 0. The van der Waals surface area contributed by atoms with Crippen LogP contribution >= 0.6 is 0 Å². The van der Waals surface area contributed by atoms with Crippen molar-refractivity contribution in [2.45, 2.75) is 31.7 Å². The van der Waals surface area contributed by atoms with Crippen LogP contribution in [0.3, 0.4) is 0 Å². The second-order valence-corrected chi connectivity index (χ2v) is 7.55. The topological polar surface area (TPSA) is 84.9 Å². The summed E-state index contributed by atoms with van der Waals surface area (Å²) in [6.07, 6.45) is 0. The smallest absolute Gasteiger partial charge is 0.244 e. The van der Waals surface area contributed by atoms with E-state index in [4.69, 9.17) is 9.47 Å². The molecule has 1 heterocycles. The number of nitrogens with one attached hydrogen (secondary N) is 1. The van der Waals surface area contributed by atoms with Crippen molar-refractivity contribution in [3.8, 4) is 5.75 Å². The van der Waals surface area contributed by atoms with Gasteiger partial charge in [-0.3, -0.25) is 4.79 Å². The van der Waals surface area contributed by atoms with Crippen LogP contribution in [0.2, 0.25) is 0 Å². The molecular weight excluding hydrogens is 332 g/mol. The van der Waals surface area contributed by atoms with Gasteiger partial charge >= 0.3 is 0 Å². The Morgan fingerprint density at radius 3 is 2.42 bits per heavy atom. The van der Waals surface area contributed by atoms with Crippen LogP contribution in [-0.4, -0.2) is 58.7 Å². The van der Waals surface area contributed by atoms with Crippen molar-refractivity contribution in [1.82, 2.24) is 9.62 Å². The highest BCUT2D eigenvalue weighted by atomic mass is 32.2. The molecule has 1 N–H and O–H groups in total. The number of rotatable bonds is 5. The molecule has 1 aromatic rings. The first-order chi connectivity index (χ1) is 11.3. The third-order valence-electron chi connectivity index (χ3n) is 4.09. The van der Waals surface area contributed by atoms with Crippen LogP contribution in [0.25, 0.3) is 0 Å². The molecule has 1 amide bonds. The summed E-state index contributed by atoms with van der Waals surface area (Å²) < 4.78 is 38.2. The largest absolute Gasteiger partial charge is 0.495 e. The summed E-state index contributed by atoms with van der Waals surface area (Å²) in [6.45, 7) is 7.13. The van der Waals surface area contributed by atoms with Gasteiger partial charge in [-0.2, -0.15) is 4.72 Å². The molecule has 1 fully saturated rings. The average Bonchev–Trinajstić information content (AvgIpc) is 2.56. The zero-order valence-electron chi connectivity index (χ0n) is 14.5. The van der Waals surface area contributed by atoms with Gasteiger partial charge in [0.25, 0.3) is 0 Å². The van der Waals surface area contributed by atoms with Gasteiger partial charge in [0, 0.05) is 13.1 Å². The Balaban J connectivity index is 2.21. The van der Waals surface area contributed by atoms with Gasteiger partial charge in [-0.15, -0.1) is 0 Å². The molecule has 0 saturated carbocycles.